The Labute approximate surface area is 180 Å². The minimum absolute atomic E-state index is 0.545. The van der Waals surface area contributed by atoms with Gasteiger partial charge in [0.15, 0.2) is 0 Å². The molecule has 0 unspecified atom stereocenters. The van der Waals surface area contributed by atoms with Crippen LogP contribution in [0.5, 0.6) is 5.75 Å². The Kier molecular flexibility index (Phi) is 14.7. The Morgan fingerprint density at radius 2 is 1.66 bits per heavy atom. The van der Waals surface area contributed by atoms with E-state index in [0.29, 0.717) is 6.61 Å². The number of hydrogen-bond acceptors (Lipinski definition) is 2. The fraction of sp³-hybridized carbons (Fsp3) is 0.481. The Morgan fingerprint density at radius 1 is 1.10 bits per heavy atom. The zero-order valence-electron chi connectivity index (χ0n) is 19.9. The van der Waals surface area contributed by atoms with Crippen LogP contribution < -0.4 is 4.74 Å². The van der Waals surface area contributed by atoms with Crippen LogP contribution in [0.25, 0.3) is 5.57 Å². The van der Waals surface area contributed by atoms with Crippen LogP contribution in [-0.4, -0.2) is 31.6 Å². The lowest BCUT2D eigenvalue weighted by molar-refractivity contribution is 0.238. The molecule has 0 radical (unpaired) electrons. The average Bonchev–Trinajstić information content (AvgIpc) is 2.73. The van der Waals surface area contributed by atoms with Crippen LogP contribution >= 0.6 is 0 Å². The molecule has 0 N–H and O–H groups in total. The summed E-state index contributed by atoms with van der Waals surface area (Å²) in [4.78, 5) is 2.39. The second-order valence-electron chi connectivity index (χ2n) is 7.51. The summed E-state index contributed by atoms with van der Waals surface area (Å²) in [7, 11) is 2.19. The molecule has 1 saturated heterocycles. The van der Waals surface area contributed by atoms with Crippen molar-refractivity contribution in [3.8, 4) is 5.75 Å². The fourth-order valence-electron chi connectivity index (χ4n) is 3.04. The molecule has 2 heteroatoms. The monoisotopic (exact) mass is 397 g/mol. The summed E-state index contributed by atoms with van der Waals surface area (Å²) in [6.07, 6.45) is 8.67. The van der Waals surface area contributed by atoms with Crippen molar-refractivity contribution in [3.63, 3.8) is 0 Å². The molecular formula is C27H43NO. The van der Waals surface area contributed by atoms with Crippen molar-refractivity contribution >= 4 is 5.57 Å². The van der Waals surface area contributed by atoms with E-state index in [4.69, 9.17) is 4.74 Å². The number of ether oxygens (including phenoxy) is 1. The molecule has 1 aliphatic heterocycles. The molecule has 2 rings (SSSR count). The molecule has 1 aromatic carbocycles. The lowest BCUT2D eigenvalue weighted by Gasteiger charge is -2.28. The van der Waals surface area contributed by atoms with E-state index in [1.807, 2.05) is 26.0 Å². The summed E-state index contributed by atoms with van der Waals surface area (Å²) in [5.41, 5.74) is 5.11. The Morgan fingerprint density at radius 3 is 2.07 bits per heavy atom. The number of likely N-dealkylation sites (tertiary alicyclic amines) is 1. The molecule has 0 spiro atoms. The molecule has 162 valence electrons. The van der Waals surface area contributed by atoms with Gasteiger partial charge in [0.05, 0.1) is 0 Å². The van der Waals surface area contributed by atoms with Crippen LogP contribution in [0.15, 0.2) is 66.8 Å². The first kappa shape index (κ1) is 26.9. The van der Waals surface area contributed by atoms with Crippen LogP contribution in [0.4, 0.5) is 0 Å². The molecule has 1 heterocycles. The lowest BCUT2D eigenvalue weighted by Crippen LogP contribution is -2.30. The summed E-state index contributed by atoms with van der Waals surface area (Å²) in [6.45, 7) is 23.1. The van der Waals surface area contributed by atoms with Gasteiger partial charge in [-0.1, -0.05) is 68.5 Å². The van der Waals surface area contributed by atoms with Gasteiger partial charge >= 0.3 is 0 Å². The van der Waals surface area contributed by atoms with Crippen LogP contribution in [0.2, 0.25) is 0 Å². The molecular weight excluding hydrogens is 354 g/mol. The number of piperidine rings is 1. The maximum absolute atomic E-state index is 5.45. The van der Waals surface area contributed by atoms with Crippen LogP contribution in [-0.2, 0) is 0 Å². The van der Waals surface area contributed by atoms with Gasteiger partial charge in [0, 0.05) is 0 Å². The third kappa shape index (κ3) is 11.5. The van der Waals surface area contributed by atoms with Gasteiger partial charge in [-0.15, -0.1) is 0 Å². The fourth-order valence-corrected chi connectivity index (χ4v) is 3.04. The van der Waals surface area contributed by atoms with E-state index in [0.717, 1.165) is 11.7 Å². The van der Waals surface area contributed by atoms with E-state index < -0.39 is 0 Å². The summed E-state index contributed by atoms with van der Waals surface area (Å²) in [6, 6.07) is 8.13. The molecule has 0 aromatic heterocycles. The van der Waals surface area contributed by atoms with Gasteiger partial charge in [0.2, 0.25) is 0 Å². The van der Waals surface area contributed by atoms with E-state index in [-0.39, 0.29) is 0 Å². The quantitative estimate of drug-likeness (QED) is 0.363. The second-order valence-corrected chi connectivity index (χ2v) is 7.51. The topological polar surface area (TPSA) is 12.5 Å². The average molecular weight is 398 g/mol. The molecule has 0 bridgehead atoms. The predicted molar refractivity (Wildman–Crippen MR) is 132 cm³/mol. The van der Waals surface area contributed by atoms with E-state index >= 15 is 0 Å². The van der Waals surface area contributed by atoms with Crippen molar-refractivity contribution in [2.24, 2.45) is 5.92 Å². The van der Waals surface area contributed by atoms with Crippen LogP contribution in [0, 0.1) is 5.92 Å². The third-order valence-corrected chi connectivity index (χ3v) is 4.73. The van der Waals surface area contributed by atoms with Gasteiger partial charge in [-0.05, 0) is 89.9 Å². The Balaban J connectivity index is 0.000000554. The third-order valence-electron chi connectivity index (χ3n) is 4.73. The highest BCUT2D eigenvalue weighted by molar-refractivity contribution is 5.74. The van der Waals surface area contributed by atoms with Crippen molar-refractivity contribution in [2.45, 2.75) is 54.4 Å². The summed E-state index contributed by atoms with van der Waals surface area (Å²) in [5, 5.41) is 0. The Hall–Kier alpha value is -2.06. The highest BCUT2D eigenvalue weighted by Crippen LogP contribution is 2.22. The van der Waals surface area contributed by atoms with Crippen molar-refractivity contribution in [1.29, 1.82) is 0 Å². The maximum Gasteiger partial charge on any atom is 0.119 e. The van der Waals surface area contributed by atoms with Crippen molar-refractivity contribution in [2.75, 3.05) is 26.7 Å². The van der Waals surface area contributed by atoms with Gasteiger partial charge in [-0.3, -0.25) is 0 Å². The highest BCUT2D eigenvalue weighted by atomic mass is 16.5. The van der Waals surface area contributed by atoms with Gasteiger partial charge in [0.1, 0.15) is 12.4 Å². The van der Waals surface area contributed by atoms with Crippen molar-refractivity contribution < 1.29 is 4.74 Å². The summed E-state index contributed by atoms with van der Waals surface area (Å²) < 4.78 is 5.45. The molecule has 1 fully saturated rings. The molecule has 1 aromatic rings. The predicted octanol–water partition coefficient (Wildman–Crippen LogP) is 7.55. The highest BCUT2D eigenvalue weighted by Gasteiger charge is 2.16. The minimum Gasteiger partial charge on any atom is -0.490 e. The van der Waals surface area contributed by atoms with E-state index in [2.05, 4.69) is 77.1 Å². The van der Waals surface area contributed by atoms with E-state index in [1.54, 1.807) is 6.08 Å². The Bertz CT molecular complexity index is 640. The van der Waals surface area contributed by atoms with E-state index in [1.165, 1.54) is 48.2 Å². The second kappa shape index (κ2) is 15.8. The van der Waals surface area contributed by atoms with Gasteiger partial charge in [-0.2, -0.15) is 0 Å². The SMILES string of the molecule is C=C(C)C1CCN(C)CC1.C=CCOc1ccc(/C(C=C(C)C)=C/C)cc1.CC. The number of benzene rings is 1. The minimum atomic E-state index is 0.545. The van der Waals surface area contributed by atoms with Crippen LogP contribution in [0.1, 0.15) is 59.9 Å². The first-order valence-electron chi connectivity index (χ1n) is 10.9. The number of allylic oxidation sites excluding steroid dienone is 5. The van der Waals surface area contributed by atoms with Crippen molar-refractivity contribution in [1.82, 2.24) is 4.90 Å². The normalized spacial score (nSPS) is 14.5. The zero-order chi connectivity index (χ0) is 22.2. The molecule has 1 aliphatic rings. The van der Waals surface area contributed by atoms with E-state index in [9.17, 15) is 0 Å². The number of nitrogens with zero attached hydrogens (tertiary/aromatic N) is 1. The van der Waals surface area contributed by atoms with Crippen molar-refractivity contribution in [3.05, 3.63) is 72.4 Å². The molecule has 0 amide bonds. The van der Waals surface area contributed by atoms with Gasteiger partial charge in [-0.25, -0.2) is 0 Å². The largest absolute Gasteiger partial charge is 0.490 e. The molecule has 2 nitrogen and oxygen atoms in total. The summed E-state index contributed by atoms with van der Waals surface area (Å²) >= 11 is 0. The molecule has 0 atom stereocenters. The number of hydrogen-bond donors (Lipinski definition) is 0. The molecule has 0 saturated carbocycles. The molecule has 0 aliphatic carbocycles. The smallest absolute Gasteiger partial charge is 0.119 e. The zero-order valence-corrected chi connectivity index (χ0v) is 19.9. The first-order valence-corrected chi connectivity index (χ1v) is 10.9. The number of rotatable bonds is 6. The lowest BCUT2D eigenvalue weighted by atomic mass is 9.91. The van der Waals surface area contributed by atoms with Gasteiger partial charge < -0.3 is 9.64 Å². The maximum atomic E-state index is 5.45. The van der Waals surface area contributed by atoms with Gasteiger partial charge in [0.25, 0.3) is 0 Å². The first-order chi connectivity index (χ1) is 13.9. The van der Waals surface area contributed by atoms with Crippen LogP contribution in [0.3, 0.4) is 0 Å². The summed E-state index contributed by atoms with van der Waals surface area (Å²) in [5.74, 6) is 1.68. The standard InChI is InChI=1S/C16H20O.C9H17N.C2H6/c1-5-11-17-16-9-7-15(8-10-16)14(6-2)12-13(3)4;1-8(2)9-4-6-10(3)7-5-9;1-2/h5-10,12H,1,11H2,2-4H3;9H,1,4-7H2,2-3H3;1-2H3/b14-6+;;. The molecule has 29 heavy (non-hydrogen) atoms.